The first-order valence-corrected chi connectivity index (χ1v) is 8.74. The molecule has 106 valence electrons. The highest BCUT2D eigenvalue weighted by Crippen LogP contribution is 2.29. The van der Waals surface area contributed by atoms with E-state index < -0.39 is 0 Å². The fourth-order valence-electron chi connectivity index (χ4n) is 3.22. The molecular weight excluding hydrogens is 240 g/mol. The number of hydrogen-bond donors (Lipinski definition) is 1. The molecule has 2 aliphatic rings. The average Bonchev–Trinajstić information content (AvgIpc) is 2.35. The van der Waals surface area contributed by atoms with Gasteiger partial charge in [0.05, 0.1) is 0 Å². The van der Waals surface area contributed by atoms with Gasteiger partial charge in [0.15, 0.2) is 0 Å². The summed E-state index contributed by atoms with van der Waals surface area (Å²) in [5.74, 6) is 1.31. The predicted octanol–water partition coefficient (Wildman–Crippen LogP) is 3.13. The molecule has 0 atom stereocenters. The predicted molar refractivity (Wildman–Crippen MR) is 82.5 cm³/mol. The molecular formula is C15H30N2S. The summed E-state index contributed by atoms with van der Waals surface area (Å²) in [6.07, 6.45) is 8.47. The summed E-state index contributed by atoms with van der Waals surface area (Å²) in [5, 5.41) is 3.75. The second kappa shape index (κ2) is 7.16. The maximum atomic E-state index is 3.75. The Kier molecular flexibility index (Phi) is 5.84. The van der Waals surface area contributed by atoms with Gasteiger partial charge in [0.25, 0.3) is 0 Å². The molecule has 0 spiro atoms. The van der Waals surface area contributed by atoms with Crippen LogP contribution in [0.5, 0.6) is 0 Å². The largest absolute Gasteiger partial charge is 0.314 e. The van der Waals surface area contributed by atoms with Crippen molar-refractivity contribution < 1.29 is 0 Å². The van der Waals surface area contributed by atoms with Gasteiger partial charge in [-0.1, -0.05) is 19.3 Å². The third kappa shape index (κ3) is 5.10. The number of rotatable bonds is 5. The Morgan fingerprint density at radius 2 is 2.00 bits per heavy atom. The first-order valence-electron chi connectivity index (χ1n) is 7.75. The Morgan fingerprint density at radius 1 is 1.22 bits per heavy atom. The number of hydrogen-bond acceptors (Lipinski definition) is 3. The summed E-state index contributed by atoms with van der Waals surface area (Å²) in [7, 11) is 0. The third-order valence-electron chi connectivity index (χ3n) is 4.19. The van der Waals surface area contributed by atoms with E-state index in [2.05, 4.69) is 35.8 Å². The molecule has 0 aromatic carbocycles. The smallest absolute Gasteiger partial charge is 0.0231 e. The molecule has 2 fully saturated rings. The number of nitrogens with zero attached hydrogens (tertiary/aromatic N) is 1. The molecule has 1 aliphatic heterocycles. The van der Waals surface area contributed by atoms with Crippen LogP contribution in [0.1, 0.15) is 52.4 Å². The molecule has 18 heavy (non-hydrogen) atoms. The van der Waals surface area contributed by atoms with E-state index in [4.69, 9.17) is 0 Å². The van der Waals surface area contributed by atoms with Gasteiger partial charge in [0.2, 0.25) is 0 Å². The summed E-state index contributed by atoms with van der Waals surface area (Å²) in [6, 6.07) is 0.826. The van der Waals surface area contributed by atoms with E-state index in [1.807, 2.05) is 0 Å². The molecule has 0 aromatic heterocycles. The lowest BCUT2D eigenvalue weighted by Crippen LogP contribution is -2.44. The summed E-state index contributed by atoms with van der Waals surface area (Å²) in [6.45, 7) is 9.81. The van der Waals surface area contributed by atoms with Crippen LogP contribution in [0.2, 0.25) is 0 Å². The van der Waals surface area contributed by atoms with Crippen molar-refractivity contribution >= 4 is 11.8 Å². The molecule has 1 heterocycles. The molecule has 0 aromatic rings. The first-order chi connectivity index (χ1) is 8.66. The lowest BCUT2D eigenvalue weighted by molar-refractivity contribution is 0.253. The quantitative estimate of drug-likeness (QED) is 0.773. The monoisotopic (exact) mass is 270 g/mol. The van der Waals surface area contributed by atoms with Crippen LogP contribution in [0.3, 0.4) is 0 Å². The van der Waals surface area contributed by atoms with Crippen LogP contribution in [0.4, 0.5) is 0 Å². The van der Waals surface area contributed by atoms with Crippen LogP contribution < -0.4 is 5.32 Å². The van der Waals surface area contributed by atoms with Crippen molar-refractivity contribution in [2.24, 2.45) is 0 Å². The molecule has 1 saturated carbocycles. The van der Waals surface area contributed by atoms with E-state index >= 15 is 0 Å². The molecule has 0 bridgehead atoms. The molecule has 0 unspecified atom stereocenters. The van der Waals surface area contributed by atoms with E-state index in [-0.39, 0.29) is 0 Å². The Morgan fingerprint density at radius 3 is 2.72 bits per heavy atom. The van der Waals surface area contributed by atoms with Crippen molar-refractivity contribution in [2.45, 2.75) is 63.2 Å². The Bertz CT molecular complexity index is 237. The highest BCUT2D eigenvalue weighted by molar-refractivity contribution is 8.00. The topological polar surface area (TPSA) is 15.3 Å². The fourth-order valence-corrected chi connectivity index (χ4v) is 4.40. The molecule has 1 N–H and O–H groups in total. The highest BCUT2D eigenvalue weighted by Gasteiger charge is 2.26. The van der Waals surface area contributed by atoms with Crippen LogP contribution in [-0.2, 0) is 0 Å². The third-order valence-corrected chi connectivity index (χ3v) is 5.49. The van der Waals surface area contributed by atoms with Crippen LogP contribution in [0, 0.1) is 0 Å². The highest BCUT2D eigenvalue weighted by atomic mass is 32.2. The number of thioether (sulfide) groups is 1. The Labute approximate surface area is 117 Å². The van der Waals surface area contributed by atoms with E-state index in [0.717, 1.165) is 6.04 Å². The average molecular weight is 270 g/mol. The summed E-state index contributed by atoms with van der Waals surface area (Å²) in [4.78, 5) is 2.65. The maximum Gasteiger partial charge on any atom is 0.0231 e. The van der Waals surface area contributed by atoms with E-state index in [9.17, 15) is 0 Å². The molecule has 2 rings (SSSR count). The van der Waals surface area contributed by atoms with Crippen LogP contribution in [-0.4, -0.2) is 47.6 Å². The van der Waals surface area contributed by atoms with Crippen molar-refractivity contribution in [1.82, 2.24) is 10.2 Å². The van der Waals surface area contributed by atoms with Crippen molar-refractivity contribution in [2.75, 3.05) is 31.9 Å². The van der Waals surface area contributed by atoms with E-state index in [0.29, 0.717) is 4.75 Å². The minimum Gasteiger partial charge on any atom is -0.314 e. The SMILES string of the molecule is CC1(C)CN(CCCNC2CCCCC2)CCS1. The zero-order valence-electron chi connectivity index (χ0n) is 12.2. The van der Waals surface area contributed by atoms with Gasteiger partial charge < -0.3 is 10.2 Å². The lowest BCUT2D eigenvalue weighted by atomic mass is 9.95. The zero-order valence-corrected chi connectivity index (χ0v) is 13.0. The first kappa shape index (κ1) is 14.7. The van der Waals surface area contributed by atoms with Crippen LogP contribution >= 0.6 is 11.8 Å². The summed E-state index contributed by atoms with van der Waals surface area (Å²) < 4.78 is 0.467. The van der Waals surface area contributed by atoms with Crippen molar-refractivity contribution in [3.8, 4) is 0 Å². The van der Waals surface area contributed by atoms with Gasteiger partial charge in [-0.2, -0.15) is 11.8 Å². The van der Waals surface area contributed by atoms with E-state index in [1.54, 1.807) is 0 Å². The van der Waals surface area contributed by atoms with Crippen LogP contribution in [0.15, 0.2) is 0 Å². The molecule has 0 amide bonds. The Hall–Kier alpha value is 0.270. The van der Waals surface area contributed by atoms with Crippen LogP contribution in [0.25, 0.3) is 0 Å². The van der Waals surface area contributed by atoms with E-state index in [1.165, 1.54) is 70.5 Å². The van der Waals surface area contributed by atoms with Gasteiger partial charge in [-0.3, -0.25) is 0 Å². The number of nitrogens with one attached hydrogen (secondary N) is 1. The van der Waals surface area contributed by atoms with Gasteiger partial charge in [-0.05, 0) is 46.2 Å². The molecule has 2 nitrogen and oxygen atoms in total. The fraction of sp³-hybridized carbons (Fsp3) is 1.00. The minimum absolute atomic E-state index is 0.467. The van der Waals surface area contributed by atoms with Gasteiger partial charge >= 0.3 is 0 Å². The van der Waals surface area contributed by atoms with Crippen molar-refractivity contribution in [3.63, 3.8) is 0 Å². The normalized spacial score (nSPS) is 26.3. The van der Waals surface area contributed by atoms with Gasteiger partial charge in [-0.15, -0.1) is 0 Å². The van der Waals surface area contributed by atoms with Crippen molar-refractivity contribution in [1.29, 1.82) is 0 Å². The lowest BCUT2D eigenvalue weighted by Gasteiger charge is -2.37. The van der Waals surface area contributed by atoms with Crippen molar-refractivity contribution in [3.05, 3.63) is 0 Å². The van der Waals surface area contributed by atoms with Gasteiger partial charge in [0, 0.05) is 29.6 Å². The molecule has 3 heteroatoms. The molecule has 1 saturated heterocycles. The second-order valence-corrected chi connectivity index (χ2v) is 8.33. The molecule has 1 aliphatic carbocycles. The van der Waals surface area contributed by atoms with Gasteiger partial charge in [0.1, 0.15) is 0 Å². The summed E-state index contributed by atoms with van der Waals surface area (Å²) in [5.41, 5.74) is 0. The maximum absolute atomic E-state index is 3.75. The standard InChI is InChI=1S/C15H30N2S/c1-15(2)13-17(11-12-18-15)10-6-9-16-14-7-4-3-5-8-14/h14,16H,3-13H2,1-2H3. The zero-order chi connectivity index (χ0) is 12.8. The molecule has 0 radical (unpaired) electrons. The minimum atomic E-state index is 0.467. The second-order valence-electron chi connectivity index (χ2n) is 6.53. The summed E-state index contributed by atoms with van der Waals surface area (Å²) >= 11 is 2.13. The Balaban J connectivity index is 1.54. The van der Waals surface area contributed by atoms with Gasteiger partial charge in [-0.25, -0.2) is 0 Å².